The van der Waals surface area contributed by atoms with Gasteiger partial charge in [-0.05, 0) is 48.5 Å². The Morgan fingerprint density at radius 1 is 1.06 bits per heavy atom. The molecule has 164 valence electrons. The van der Waals surface area contributed by atoms with Crippen molar-refractivity contribution in [2.24, 2.45) is 0 Å². The molecule has 0 bridgehead atoms. The Labute approximate surface area is 187 Å². The molecule has 0 spiro atoms. The van der Waals surface area contributed by atoms with Crippen molar-refractivity contribution >= 4 is 44.5 Å². The average Bonchev–Trinajstić information content (AvgIpc) is 3.28. The lowest BCUT2D eigenvalue weighted by molar-refractivity contribution is -0.192. The minimum Gasteiger partial charge on any atom is -0.475 e. The van der Waals surface area contributed by atoms with E-state index in [-0.39, 0.29) is 5.91 Å². The number of amides is 1. The number of carboxylic acid groups (broad SMARTS) is 1. The van der Waals surface area contributed by atoms with Gasteiger partial charge in [-0.25, -0.2) is 14.8 Å². The van der Waals surface area contributed by atoms with E-state index in [1.165, 1.54) is 0 Å². The zero-order valence-electron chi connectivity index (χ0n) is 15.9. The standard InChI is InChI=1S/C19H12BrN3O2.C2HF3O2/c20-12-6-7-15-13(10-12)14(11-16(22-15)17-4-3-9-25-17)19(24)23-18-5-1-2-8-21-18;3-2(4,5)1(6)7/h1-11H,(H,21,23,24);(H,6,7). The lowest BCUT2D eigenvalue weighted by Gasteiger charge is -2.09. The number of carbonyl (C=O) groups is 2. The molecule has 4 rings (SSSR count). The van der Waals surface area contributed by atoms with Crippen molar-refractivity contribution < 1.29 is 32.3 Å². The second kappa shape index (κ2) is 9.60. The number of hydrogen-bond acceptors (Lipinski definition) is 5. The summed E-state index contributed by atoms with van der Waals surface area (Å²) >= 11 is 3.45. The Balaban J connectivity index is 0.000000360. The number of aliphatic carboxylic acids is 1. The summed E-state index contributed by atoms with van der Waals surface area (Å²) in [5.41, 5.74) is 1.82. The minimum atomic E-state index is -5.08. The van der Waals surface area contributed by atoms with Crippen LogP contribution in [0.3, 0.4) is 0 Å². The number of anilines is 1. The second-order valence-electron chi connectivity index (χ2n) is 6.17. The first kappa shape index (κ1) is 22.9. The van der Waals surface area contributed by atoms with Crippen molar-refractivity contribution in [1.29, 1.82) is 0 Å². The van der Waals surface area contributed by atoms with Crippen LogP contribution in [0.4, 0.5) is 19.0 Å². The number of furan rings is 1. The molecule has 32 heavy (non-hydrogen) atoms. The molecule has 0 aliphatic carbocycles. The van der Waals surface area contributed by atoms with Crippen molar-refractivity contribution in [1.82, 2.24) is 9.97 Å². The molecule has 0 radical (unpaired) electrons. The maximum absolute atomic E-state index is 12.8. The van der Waals surface area contributed by atoms with E-state index in [2.05, 4.69) is 31.2 Å². The zero-order valence-corrected chi connectivity index (χ0v) is 17.5. The maximum Gasteiger partial charge on any atom is 0.490 e. The molecule has 0 atom stereocenters. The summed E-state index contributed by atoms with van der Waals surface area (Å²) in [5.74, 6) is -1.91. The number of rotatable bonds is 3. The molecule has 7 nitrogen and oxygen atoms in total. The molecule has 0 saturated heterocycles. The number of aromatic nitrogens is 2. The number of pyridine rings is 2. The van der Waals surface area contributed by atoms with E-state index in [9.17, 15) is 18.0 Å². The van der Waals surface area contributed by atoms with Crippen LogP contribution in [0, 0.1) is 0 Å². The third kappa shape index (κ3) is 5.70. The Morgan fingerprint density at radius 2 is 1.81 bits per heavy atom. The molecule has 3 aromatic heterocycles. The van der Waals surface area contributed by atoms with Crippen molar-refractivity contribution in [3.8, 4) is 11.5 Å². The predicted octanol–water partition coefficient (Wildman–Crippen LogP) is 5.54. The highest BCUT2D eigenvalue weighted by molar-refractivity contribution is 9.10. The summed E-state index contributed by atoms with van der Waals surface area (Å²) in [6, 6.07) is 16.3. The molecular weight excluding hydrogens is 495 g/mol. The molecule has 1 aromatic carbocycles. The number of alkyl halides is 3. The van der Waals surface area contributed by atoms with E-state index in [4.69, 9.17) is 14.3 Å². The van der Waals surface area contributed by atoms with Crippen LogP contribution in [0.15, 0.2) is 75.9 Å². The number of hydrogen-bond donors (Lipinski definition) is 2. The van der Waals surface area contributed by atoms with Gasteiger partial charge in [0.05, 0.1) is 17.3 Å². The largest absolute Gasteiger partial charge is 0.490 e. The van der Waals surface area contributed by atoms with Gasteiger partial charge in [-0.2, -0.15) is 13.2 Å². The highest BCUT2D eigenvalue weighted by Crippen LogP contribution is 2.28. The quantitative estimate of drug-likeness (QED) is 0.377. The first-order chi connectivity index (χ1) is 15.1. The molecule has 1 amide bonds. The van der Waals surface area contributed by atoms with Gasteiger partial charge in [0.2, 0.25) is 0 Å². The van der Waals surface area contributed by atoms with Crippen molar-refractivity contribution in [3.05, 3.63) is 77.1 Å². The van der Waals surface area contributed by atoms with Gasteiger partial charge in [0, 0.05) is 16.1 Å². The lowest BCUT2D eigenvalue weighted by Crippen LogP contribution is -2.21. The van der Waals surface area contributed by atoms with E-state index in [0.29, 0.717) is 28.4 Å². The summed E-state index contributed by atoms with van der Waals surface area (Å²) in [6.45, 7) is 0. The summed E-state index contributed by atoms with van der Waals surface area (Å²) in [5, 5.41) is 10.7. The van der Waals surface area contributed by atoms with Crippen LogP contribution in [0.25, 0.3) is 22.4 Å². The Kier molecular flexibility index (Phi) is 6.89. The van der Waals surface area contributed by atoms with Crippen LogP contribution in [0.1, 0.15) is 10.4 Å². The van der Waals surface area contributed by atoms with Gasteiger partial charge in [-0.1, -0.05) is 22.0 Å². The summed E-state index contributed by atoms with van der Waals surface area (Å²) < 4.78 is 38.0. The molecule has 0 aliphatic heterocycles. The van der Waals surface area contributed by atoms with Gasteiger partial charge in [-0.3, -0.25) is 4.79 Å². The molecule has 4 aromatic rings. The summed E-state index contributed by atoms with van der Waals surface area (Å²) in [7, 11) is 0. The van der Waals surface area contributed by atoms with E-state index in [1.54, 1.807) is 36.7 Å². The molecule has 11 heteroatoms. The Bertz CT molecular complexity index is 1250. The molecule has 0 aliphatic rings. The predicted molar refractivity (Wildman–Crippen MR) is 113 cm³/mol. The van der Waals surface area contributed by atoms with Crippen LogP contribution in [0.2, 0.25) is 0 Å². The van der Waals surface area contributed by atoms with Crippen molar-refractivity contribution in [2.45, 2.75) is 6.18 Å². The van der Waals surface area contributed by atoms with Crippen LogP contribution in [-0.2, 0) is 4.79 Å². The summed E-state index contributed by atoms with van der Waals surface area (Å²) in [6.07, 6.45) is -1.87. The van der Waals surface area contributed by atoms with E-state index in [1.807, 2.05) is 30.3 Å². The van der Waals surface area contributed by atoms with Gasteiger partial charge in [0.25, 0.3) is 5.91 Å². The van der Waals surface area contributed by atoms with Crippen molar-refractivity contribution in [2.75, 3.05) is 5.32 Å². The summed E-state index contributed by atoms with van der Waals surface area (Å²) in [4.78, 5) is 30.5. The van der Waals surface area contributed by atoms with E-state index >= 15 is 0 Å². The lowest BCUT2D eigenvalue weighted by atomic mass is 10.1. The normalized spacial score (nSPS) is 10.9. The topological polar surface area (TPSA) is 105 Å². The highest BCUT2D eigenvalue weighted by Gasteiger charge is 2.38. The number of halogens is 4. The number of nitrogens with zero attached hydrogens (tertiary/aromatic N) is 2. The first-order valence-electron chi connectivity index (χ1n) is 8.82. The monoisotopic (exact) mass is 507 g/mol. The van der Waals surface area contributed by atoms with Gasteiger partial charge < -0.3 is 14.8 Å². The molecule has 2 N–H and O–H groups in total. The fourth-order valence-electron chi connectivity index (χ4n) is 2.56. The second-order valence-corrected chi connectivity index (χ2v) is 7.08. The van der Waals surface area contributed by atoms with Gasteiger partial charge in [0.1, 0.15) is 11.5 Å². The number of nitrogens with one attached hydrogen (secondary N) is 1. The van der Waals surface area contributed by atoms with E-state index < -0.39 is 12.1 Å². The first-order valence-corrected chi connectivity index (χ1v) is 9.61. The molecule has 0 fully saturated rings. The SMILES string of the molecule is O=C(Nc1ccccn1)c1cc(-c2ccco2)nc2ccc(Br)cc12.O=C(O)C(F)(F)F. The third-order valence-corrected chi connectivity index (χ3v) is 4.43. The van der Waals surface area contributed by atoms with Crippen molar-refractivity contribution in [3.63, 3.8) is 0 Å². The van der Waals surface area contributed by atoms with Crippen LogP contribution >= 0.6 is 15.9 Å². The number of fused-ring (bicyclic) bond motifs is 1. The van der Waals surface area contributed by atoms with Gasteiger partial charge in [-0.15, -0.1) is 0 Å². The van der Waals surface area contributed by atoms with Gasteiger partial charge >= 0.3 is 12.1 Å². The van der Waals surface area contributed by atoms with Crippen LogP contribution in [-0.4, -0.2) is 33.1 Å². The number of carboxylic acids is 1. The van der Waals surface area contributed by atoms with Crippen LogP contribution < -0.4 is 5.32 Å². The van der Waals surface area contributed by atoms with Gasteiger partial charge in [0.15, 0.2) is 5.76 Å². The highest BCUT2D eigenvalue weighted by atomic mass is 79.9. The maximum atomic E-state index is 12.8. The zero-order chi connectivity index (χ0) is 23.3. The number of carbonyl (C=O) groups excluding carboxylic acids is 1. The van der Waals surface area contributed by atoms with Crippen LogP contribution in [0.5, 0.6) is 0 Å². The molecule has 3 heterocycles. The third-order valence-electron chi connectivity index (χ3n) is 3.94. The Hall–Kier alpha value is -3.73. The van der Waals surface area contributed by atoms with E-state index in [0.717, 1.165) is 9.86 Å². The minimum absolute atomic E-state index is 0.253. The average molecular weight is 508 g/mol. The fourth-order valence-corrected chi connectivity index (χ4v) is 2.92. The molecular formula is C21H13BrF3N3O4. The smallest absolute Gasteiger partial charge is 0.475 e. The number of benzene rings is 1. The Morgan fingerprint density at radius 3 is 2.41 bits per heavy atom. The fraction of sp³-hybridized carbons (Fsp3) is 0.0476. The molecule has 0 saturated carbocycles. The molecule has 0 unspecified atom stereocenters.